The molecule has 78 valence electrons. The van der Waals surface area contributed by atoms with Crippen LogP contribution >= 0.6 is 0 Å². The molecule has 1 amide bonds. The average Bonchev–Trinajstić information content (AvgIpc) is 2.65. The van der Waals surface area contributed by atoms with Gasteiger partial charge in [-0.2, -0.15) is 5.10 Å². The second-order valence-corrected chi connectivity index (χ2v) is 2.78. The highest BCUT2D eigenvalue weighted by atomic mass is 16.5. The monoisotopic (exact) mass is 197 g/mol. The summed E-state index contributed by atoms with van der Waals surface area (Å²) < 4.78 is 6.48. The second kappa shape index (κ2) is 5.39. The fourth-order valence-electron chi connectivity index (χ4n) is 1.13. The highest BCUT2D eigenvalue weighted by molar-refractivity contribution is 5.92. The van der Waals surface area contributed by atoms with Gasteiger partial charge in [0.25, 0.3) is 5.91 Å². The molecule has 0 unspecified atom stereocenters. The lowest BCUT2D eigenvalue weighted by atomic mass is 10.4. The molecule has 0 spiro atoms. The summed E-state index contributed by atoms with van der Waals surface area (Å²) in [7, 11) is 1.60. The second-order valence-electron chi connectivity index (χ2n) is 2.78. The molecule has 0 atom stereocenters. The Labute approximate surface area is 83.1 Å². The molecule has 0 radical (unpaired) electrons. The zero-order chi connectivity index (χ0) is 10.4. The Kier molecular flexibility index (Phi) is 4.12. The van der Waals surface area contributed by atoms with Crippen LogP contribution in [0.25, 0.3) is 0 Å². The summed E-state index contributed by atoms with van der Waals surface area (Å²) in [5.74, 6) is -0.110. The van der Waals surface area contributed by atoms with Crippen LogP contribution in [0.15, 0.2) is 12.3 Å². The minimum absolute atomic E-state index is 0.110. The Morgan fingerprint density at radius 1 is 1.71 bits per heavy atom. The highest BCUT2D eigenvalue weighted by Crippen LogP contribution is 1.97. The van der Waals surface area contributed by atoms with Gasteiger partial charge in [-0.1, -0.05) is 0 Å². The predicted molar refractivity (Wildman–Crippen MR) is 52.1 cm³/mol. The van der Waals surface area contributed by atoms with Crippen LogP contribution in [0.5, 0.6) is 0 Å². The van der Waals surface area contributed by atoms with Crippen LogP contribution in [0, 0.1) is 0 Å². The lowest BCUT2D eigenvalue weighted by molar-refractivity contribution is 0.0926. The molecule has 14 heavy (non-hydrogen) atoms. The zero-order valence-corrected chi connectivity index (χ0v) is 8.49. The Balaban J connectivity index is 2.51. The van der Waals surface area contributed by atoms with Crippen molar-refractivity contribution in [1.29, 1.82) is 0 Å². The van der Waals surface area contributed by atoms with Gasteiger partial charge in [0.15, 0.2) is 0 Å². The average molecular weight is 197 g/mol. The van der Waals surface area contributed by atoms with E-state index < -0.39 is 0 Å². The van der Waals surface area contributed by atoms with E-state index in [4.69, 9.17) is 4.74 Å². The van der Waals surface area contributed by atoms with Gasteiger partial charge in [-0.05, 0) is 13.0 Å². The van der Waals surface area contributed by atoms with Crippen molar-refractivity contribution in [2.75, 3.05) is 20.3 Å². The van der Waals surface area contributed by atoms with Gasteiger partial charge in [0.05, 0.1) is 6.61 Å². The molecule has 0 saturated heterocycles. The number of hydrogen-bond acceptors (Lipinski definition) is 3. The molecule has 0 bridgehead atoms. The molecular weight excluding hydrogens is 182 g/mol. The van der Waals surface area contributed by atoms with Crippen LogP contribution in [-0.4, -0.2) is 35.9 Å². The smallest absolute Gasteiger partial charge is 0.269 e. The molecule has 5 heteroatoms. The Morgan fingerprint density at radius 2 is 2.50 bits per heavy atom. The third-order valence-corrected chi connectivity index (χ3v) is 1.84. The van der Waals surface area contributed by atoms with Crippen molar-refractivity contribution in [1.82, 2.24) is 15.1 Å². The van der Waals surface area contributed by atoms with E-state index in [1.165, 1.54) is 0 Å². The number of amides is 1. The molecule has 0 aliphatic rings. The Bertz CT molecular complexity index is 296. The maximum atomic E-state index is 11.5. The molecule has 1 aromatic rings. The lowest BCUT2D eigenvalue weighted by Crippen LogP contribution is -2.29. The lowest BCUT2D eigenvalue weighted by Gasteiger charge is -2.05. The highest BCUT2D eigenvalue weighted by Gasteiger charge is 2.09. The van der Waals surface area contributed by atoms with E-state index in [1.807, 2.05) is 6.92 Å². The number of carbonyl (C=O) groups excluding carboxylic acids is 1. The van der Waals surface area contributed by atoms with Crippen LogP contribution < -0.4 is 5.32 Å². The van der Waals surface area contributed by atoms with E-state index in [2.05, 4.69) is 10.4 Å². The van der Waals surface area contributed by atoms with Crippen LogP contribution in [-0.2, 0) is 11.3 Å². The molecule has 1 heterocycles. The Morgan fingerprint density at radius 3 is 3.14 bits per heavy atom. The first-order valence-corrected chi connectivity index (χ1v) is 4.58. The summed E-state index contributed by atoms with van der Waals surface area (Å²) in [6, 6.07) is 1.70. The van der Waals surface area contributed by atoms with Gasteiger partial charge < -0.3 is 10.1 Å². The van der Waals surface area contributed by atoms with Crippen LogP contribution in [0.1, 0.15) is 17.4 Å². The third-order valence-electron chi connectivity index (χ3n) is 1.84. The number of carbonyl (C=O) groups is 1. The van der Waals surface area contributed by atoms with E-state index >= 15 is 0 Å². The number of aromatic nitrogens is 2. The van der Waals surface area contributed by atoms with Crippen LogP contribution in [0.3, 0.4) is 0 Å². The summed E-state index contributed by atoms with van der Waals surface area (Å²) in [4.78, 5) is 11.5. The molecule has 1 aromatic heterocycles. The number of ether oxygens (including phenoxy) is 1. The minimum Gasteiger partial charge on any atom is -0.383 e. The topological polar surface area (TPSA) is 56.2 Å². The largest absolute Gasteiger partial charge is 0.383 e. The SMILES string of the molecule is CCn1nccc1C(=O)NCCOC. The van der Waals surface area contributed by atoms with Crippen molar-refractivity contribution in [2.45, 2.75) is 13.5 Å². The van der Waals surface area contributed by atoms with E-state index in [0.29, 0.717) is 25.4 Å². The first-order valence-electron chi connectivity index (χ1n) is 4.58. The molecular formula is C9H15N3O2. The molecule has 0 aliphatic carbocycles. The summed E-state index contributed by atoms with van der Waals surface area (Å²) in [6.45, 7) is 3.68. The number of hydrogen-bond donors (Lipinski definition) is 1. The molecule has 1 N–H and O–H groups in total. The Hall–Kier alpha value is -1.36. The summed E-state index contributed by atoms with van der Waals surface area (Å²) in [5, 5.41) is 6.74. The van der Waals surface area contributed by atoms with Crippen molar-refractivity contribution < 1.29 is 9.53 Å². The number of nitrogens with zero attached hydrogens (tertiary/aromatic N) is 2. The first kappa shape index (κ1) is 10.7. The van der Waals surface area contributed by atoms with E-state index in [0.717, 1.165) is 0 Å². The van der Waals surface area contributed by atoms with Crippen molar-refractivity contribution in [3.05, 3.63) is 18.0 Å². The molecule has 0 aliphatic heterocycles. The molecule has 5 nitrogen and oxygen atoms in total. The van der Waals surface area contributed by atoms with Crippen LogP contribution in [0.2, 0.25) is 0 Å². The third kappa shape index (κ3) is 2.56. The van der Waals surface area contributed by atoms with Gasteiger partial charge in [-0.3, -0.25) is 9.48 Å². The van der Waals surface area contributed by atoms with Crippen molar-refractivity contribution in [3.63, 3.8) is 0 Å². The van der Waals surface area contributed by atoms with Gasteiger partial charge >= 0.3 is 0 Å². The molecule has 0 fully saturated rings. The number of nitrogens with one attached hydrogen (secondary N) is 1. The maximum absolute atomic E-state index is 11.5. The standard InChI is InChI=1S/C9H15N3O2/c1-3-12-8(4-5-11-12)9(13)10-6-7-14-2/h4-5H,3,6-7H2,1-2H3,(H,10,13). The zero-order valence-electron chi connectivity index (χ0n) is 8.49. The van der Waals surface area contributed by atoms with Crippen molar-refractivity contribution in [2.24, 2.45) is 0 Å². The predicted octanol–water partition coefficient (Wildman–Crippen LogP) is 0.279. The summed E-state index contributed by atoms with van der Waals surface area (Å²) in [6.07, 6.45) is 1.62. The van der Waals surface area contributed by atoms with Gasteiger partial charge in [0.2, 0.25) is 0 Å². The van der Waals surface area contributed by atoms with E-state index in [1.54, 1.807) is 24.1 Å². The fourth-order valence-corrected chi connectivity index (χ4v) is 1.13. The minimum atomic E-state index is -0.110. The molecule has 0 saturated carbocycles. The number of methoxy groups -OCH3 is 1. The maximum Gasteiger partial charge on any atom is 0.269 e. The van der Waals surface area contributed by atoms with Gasteiger partial charge in [-0.25, -0.2) is 0 Å². The summed E-state index contributed by atoms with van der Waals surface area (Å²) in [5.41, 5.74) is 0.587. The normalized spacial score (nSPS) is 10.1. The van der Waals surface area contributed by atoms with Crippen LogP contribution in [0.4, 0.5) is 0 Å². The van der Waals surface area contributed by atoms with Crippen molar-refractivity contribution in [3.8, 4) is 0 Å². The van der Waals surface area contributed by atoms with Gasteiger partial charge in [-0.15, -0.1) is 0 Å². The van der Waals surface area contributed by atoms with E-state index in [9.17, 15) is 4.79 Å². The quantitative estimate of drug-likeness (QED) is 0.690. The van der Waals surface area contributed by atoms with Crippen molar-refractivity contribution >= 4 is 5.91 Å². The summed E-state index contributed by atoms with van der Waals surface area (Å²) >= 11 is 0. The van der Waals surface area contributed by atoms with Gasteiger partial charge in [0, 0.05) is 26.4 Å². The van der Waals surface area contributed by atoms with Gasteiger partial charge in [0.1, 0.15) is 5.69 Å². The fraction of sp³-hybridized carbons (Fsp3) is 0.556. The number of aryl methyl sites for hydroxylation is 1. The molecule has 1 rings (SSSR count). The molecule has 0 aromatic carbocycles. The van der Waals surface area contributed by atoms with E-state index in [-0.39, 0.29) is 5.91 Å². The number of rotatable bonds is 5. The first-order chi connectivity index (χ1) is 6.79.